The molecular formula is C70H104F10N12O12. The van der Waals surface area contributed by atoms with Crippen LogP contribution >= 0.6 is 0 Å². The van der Waals surface area contributed by atoms with Crippen molar-refractivity contribution in [1.82, 2.24) is 60.0 Å². The molecule has 2 unspecified atom stereocenters. The molecule has 3 N–H and O–H groups in total. The molecule has 4 saturated carbocycles. The van der Waals surface area contributed by atoms with Crippen LogP contribution in [-0.4, -0.2) is 282 Å². The van der Waals surface area contributed by atoms with Gasteiger partial charge in [0.25, 0.3) is 5.92 Å². The van der Waals surface area contributed by atoms with E-state index in [9.17, 15) is 59.9 Å². The van der Waals surface area contributed by atoms with Gasteiger partial charge in [0.1, 0.15) is 72.1 Å². The lowest BCUT2D eigenvalue weighted by Crippen LogP contribution is -2.68. The molecular weight excluding hydrogens is 1390 g/mol. The molecule has 2 bridgehead atoms. The fourth-order valence-electron chi connectivity index (χ4n) is 16.0. The summed E-state index contributed by atoms with van der Waals surface area (Å²) in [6.07, 6.45) is -15.7. The van der Waals surface area contributed by atoms with E-state index in [1.54, 1.807) is 26.0 Å². The second kappa shape index (κ2) is 34.5. The van der Waals surface area contributed by atoms with Gasteiger partial charge in [0, 0.05) is 69.3 Å². The molecule has 24 nitrogen and oxygen atoms in total. The molecule has 0 aromatic carbocycles. The second-order valence-electron chi connectivity index (χ2n) is 30.4. The van der Waals surface area contributed by atoms with Crippen molar-refractivity contribution < 1.29 is 101 Å². The number of rotatable bonds is 9. The summed E-state index contributed by atoms with van der Waals surface area (Å²) in [5.41, 5.74) is -1.90. The zero-order chi connectivity index (χ0) is 77.6. The summed E-state index contributed by atoms with van der Waals surface area (Å²) in [7, 11) is 10.3. The quantitative estimate of drug-likeness (QED) is 0.189. The van der Waals surface area contributed by atoms with Gasteiger partial charge in [0.15, 0.2) is 0 Å². The number of hydrogen-bond acceptors (Lipinski definition) is 12. The first-order valence-electron chi connectivity index (χ1n) is 36.2. The third kappa shape index (κ3) is 19.6. The number of carbonyl (C=O) groups is 12. The maximum atomic E-state index is 16.1. The highest BCUT2D eigenvalue weighted by molar-refractivity contribution is 6.01. The predicted octanol–water partition coefficient (Wildman–Crippen LogP) is 5.55. The molecule has 7 aliphatic rings. The third-order valence-electron chi connectivity index (χ3n) is 23.0. The number of alkyl halides is 10. The average molecular weight is 1500 g/mol. The summed E-state index contributed by atoms with van der Waals surface area (Å²) in [6, 6.07) is -12.7. The molecule has 3 aliphatic heterocycles. The molecule has 0 radical (unpaired) electrons. The summed E-state index contributed by atoms with van der Waals surface area (Å²) in [4.78, 5) is 186. The van der Waals surface area contributed by atoms with Gasteiger partial charge in [-0.05, 0) is 133 Å². The van der Waals surface area contributed by atoms with E-state index in [-0.39, 0.29) is 70.8 Å². The van der Waals surface area contributed by atoms with Crippen LogP contribution in [0.3, 0.4) is 0 Å². The maximum Gasteiger partial charge on any atom is 0.397 e. The van der Waals surface area contributed by atoms with Crippen molar-refractivity contribution in [3.63, 3.8) is 0 Å². The normalized spacial score (nSPS) is 32.5. The van der Waals surface area contributed by atoms with E-state index in [1.807, 2.05) is 0 Å². The number of amides is 12. The number of nitrogens with zero attached hydrogens (tertiary/aromatic N) is 9. The van der Waals surface area contributed by atoms with Gasteiger partial charge in [-0.25, -0.2) is 17.6 Å². The fraction of sp³-hybridized carbons (Fsp3) is 0.800. The Labute approximate surface area is 600 Å². The lowest BCUT2D eigenvalue weighted by molar-refractivity contribution is -0.219. The van der Waals surface area contributed by atoms with Gasteiger partial charge in [0.2, 0.25) is 70.9 Å². The van der Waals surface area contributed by atoms with Crippen LogP contribution in [0.15, 0.2) is 12.2 Å². The molecule has 0 aromatic rings. The molecule has 34 heteroatoms. The van der Waals surface area contributed by atoms with Crippen LogP contribution in [0.1, 0.15) is 156 Å². The van der Waals surface area contributed by atoms with Crippen molar-refractivity contribution >= 4 is 70.9 Å². The molecule has 4 aliphatic carbocycles. The Kier molecular flexibility index (Phi) is 27.8. The summed E-state index contributed by atoms with van der Waals surface area (Å²) < 4.78 is 147. The monoisotopic (exact) mass is 1490 g/mol. The smallest absolute Gasteiger partial charge is 0.347 e. The zero-order valence-electron chi connectivity index (χ0n) is 61.3. The molecule has 3 heterocycles. The fourth-order valence-corrected chi connectivity index (χ4v) is 16.0. The summed E-state index contributed by atoms with van der Waals surface area (Å²) in [6.45, 7) is 1.38. The van der Waals surface area contributed by atoms with E-state index < -0.39 is 249 Å². The van der Waals surface area contributed by atoms with Crippen molar-refractivity contribution in [2.45, 2.75) is 240 Å². The highest BCUT2D eigenvalue weighted by Crippen LogP contribution is 2.46. The molecule has 104 heavy (non-hydrogen) atoms. The van der Waals surface area contributed by atoms with E-state index in [0.717, 1.165) is 46.2 Å². The Morgan fingerprint density at radius 1 is 0.654 bits per heavy atom. The first-order chi connectivity index (χ1) is 48.4. The minimum absolute atomic E-state index is 0.0513. The first kappa shape index (κ1) is 83.9. The Balaban J connectivity index is 1.30. The van der Waals surface area contributed by atoms with Gasteiger partial charge < -0.3 is 60.0 Å². The van der Waals surface area contributed by atoms with Crippen molar-refractivity contribution in [2.24, 2.45) is 35.5 Å². The van der Waals surface area contributed by atoms with Crippen molar-refractivity contribution in [3.05, 3.63) is 12.2 Å². The van der Waals surface area contributed by atoms with Gasteiger partial charge in [-0.2, -0.15) is 26.3 Å². The number of carbonyl (C=O) groups excluding carboxylic acids is 12. The third-order valence-corrected chi connectivity index (χ3v) is 23.0. The van der Waals surface area contributed by atoms with Crippen LogP contribution in [0.2, 0.25) is 0 Å². The Hall–Kier alpha value is -7.32. The Morgan fingerprint density at radius 2 is 1.26 bits per heavy atom. The van der Waals surface area contributed by atoms with Gasteiger partial charge >= 0.3 is 12.4 Å². The van der Waals surface area contributed by atoms with E-state index in [0.29, 0.717) is 37.0 Å². The van der Waals surface area contributed by atoms with Crippen molar-refractivity contribution in [2.75, 3.05) is 82.6 Å². The van der Waals surface area contributed by atoms with Crippen LogP contribution in [-0.2, 0) is 57.5 Å². The molecule has 6 fully saturated rings. The van der Waals surface area contributed by atoms with Crippen molar-refractivity contribution in [3.8, 4) is 0 Å². The molecule has 1 spiro atoms. The molecule has 7 rings (SSSR count). The lowest BCUT2D eigenvalue weighted by Gasteiger charge is -2.46. The second-order valence-corrected chi connectivity index (χ2v) is 30.4. The molecule has 12 amide bonds. The minimum atomic E-state index is -5.28. The largest absolute Gasteiger partial charge is 0.397 e. The van der Waals surface area contributed by atoms with Crippen LogP contribution in [0, 0.1) is 35.5 Å². The standard InChI is InChI=1S/C70H104F10N12O12/c1-12-39(2)56-64(102)86(7)37-54(95)88(9)48-21-14-13-17-30-91(63(48)101)50(33-41-22-25-44(26-23-41)69(75,76)77)62(100)85(6)36-52(93)81-47(27-24-42-31-45(71)55(46(72)32-42)70(78,79)80)60(98)92-38-68(73,74)35-51(92)59(97)83-67(28-18-29-67)66(104)90(11)57(43-19-15-16-20-43)65(103)89(10)49(61(99)84(4)5)34-53(94)87(8)40(3)58(96)82-56/h13-14,39-51,55-57H,12,15-38H2,1-11H3,(H,81,93)(H,82,96)(H,83,97)/b14-13-/t39-,40-,41?,42?,44?,45?,46?,47-,48-,49-,50-,51-,55?,56-,57-/m0/s1. The predicted molar refractivity (Wildman–Crippen MR) is 357 cm³/mol. The molecule has 0 aromatic heterocycles. The summed E-state index contributed by atoms with van der Waals surface area (Å²) >= 11 is 0. The summed E-state index contributed by atoms with van der Waals surface area (Å²) in [5, 5.41) is 7.72. The maximum absolute atomic E-state index is 16.1. The Morgan fingerprint density at radius 3 is 1.82 bits per heavy atom. The topological polar surface area (TPSA) is 270 Å². The number of halogens is 10. The van der Waals surface area contributed by atoms with E-state index in [4.69, 9.17) is 0 Å². The van der Waals surface area contributed by atoms with E-state index >= 15 is 41.5 Å². The number of nitrogens with one attached hydrogen (secondary N) is 3. The van der Waals surface area contributed by atoms with Crippen LogP contribution in [0.25, 0.3) is 0 Å². The van der Waals surface area contributed by atoms with E-state index in [1.165, 1.54) is 56.3 Å². The van der Waals surface area contributed by atoms with Crippen LogP contribution < -0.4 is 16.0 Å². The number of hydrogen-bond donors (Lipinski definition) is 3. The van der Waals surface area contributed by atoms with Gasteiger partial charge in [-0.15, -0.1) is 0 Å². The van der Waals surface area contributed by atoms with Crippen LogP contribution in [0.5, 0.6) is 0 Å². The average Bonchev–Trinajstić information content (AvgIpc) is 1.31. The van der Waals surface area contributed by atoms with E-state index in [2.05, 4.69) is 16.0 Å². The van der Waals surface area contributed by atoms with Gasteiger partial charge in [0.05, 0.1) is 32.0 Å². The Bertz CT molecular complexity index is 3170. The minimum Gasteiger partial charge on any atom is -0.347 e. The number of likely N-dealkylation sites (N-methyl/N-ethyl adjacent to an activating group) is 7. The van der Waals surface area contributed by atoms with Crippen molar-refractivity contribution in [1.29, 1.82) is 0 Å². The molecule has 2 saturated heterocycles. The highest BCUT2D eigenvalue weighted by Gasteiger charge is 2.58. The lowest BCUT2D eigenvalue weighted by atomic mass is 9.74. The highest BCUT2D eigenvalue weighted by atomic mass is 19.4. The summed E-state index contributed by atoms with van der Waals surface area (Å²) in [5.74, 6) is -22.8. The van der Waals surface area contributed by atoms with Crippen LogP contribution in [0.4, 0.5) is 43.9 Å². The van der Waals surface area contributed by atoms with Gasteiger partial charge in [-0.3, -0.25) is 57.5 Å². The zero-order valence-corrected chi connectivity index (χ0v) is 61.3. The first-order valence-corrected chi connectivity index (χ1v) is 36.2. The SMILES string of the molecule is CC[C@H](C)[C@@H]1NC(=O)[C@H](C)N(C)C(=O)C[C@@H](C(=O)N(C)C)N(C)C(=O)[C@H](C2CCCC2)N(C)C(=O)C2(CCC2)NC(=O)[C@@H]2CC(F)(F)CN2C(=O)[C@H](CCC2CC(F)C(C(F)(F)F)C(F)C2)NC(=O)CN(C)C(=O)[C@H](CC2CCC(C(F)(F)F)CC2)N2CC/C=C\C[C@@H](C2=O)N(C)C(=O)CN(C)C1=O. The molecule has 586 valence electrons. The van der Waals surface area contributed by atoms with Gasteiger partial charge in [-0.1, -0.05) is 45.3 Å². The molecule has 11 atom stereocenters. The number of fused-ring (bicyclic) bond motifs is 3.